The fourth-order valence-electron chi connectivity index (χ4n) is 3.61. The quantitative estimate of drug-likeness (QED) is 0.496. The Morgan fingerprint density at radius 2 is 2.14 bits per heavy atom. The van der Waals surface area contributed by atoms with Gasteiger partial charge in [0.15, 0.2) is 0 Å². The molecule has 0 aromatic rings. The number of nitrogens with one attached hydrogen (secondary N) is 2. The van der Waals surface area contributed by atoms with E-state index in [0.29, 0.717) is 31.4 Å². The first-order chi connectivity index (χ1) is 13.8. The summed E-state index contributed by atoms with van der Waals surface area (Å²) in [7, 11) is 0. The van der Waals surface area contributed by atoms with Crippen LogP contribution in [0.15, 0.2) is 47.3 Å². The van der Waals surface area contributed by atoms with Gasteiger partial charge >= 0.3 is 12.1 Å². The number of rotatable bonds is 6. The lowest BCUT2D eigenvalue weighted by atomic mass is 9.86. The summed E-state index contributed by atoms with van der Waals surface area (Å²) >= 11 is 0. The Kier molecular flexibility index (Phi) is 6.81. The van der Waals surface area contributed by atoms with Gasteiger partial charge in [0, 0.05) is 18.1 Å². The van der Waals surface area contributed by atoms with E-state index in [1.165, 1.54) is 0 Å². The number of hydrogen-bond donors (Lipinski definition) is 4. The van der Waals surface area contributed by atoms with E-state index < -0.39 is 24.2 Å². The van der Waals surface area contributed by atoms with Gasteiger partial charge in [0.05, 0.1) is 6.61 Å². The van der Waals surface area contributed by atoms with Crippen LogP contribution in [0.3, 0.4) is 0 Å². The Labute approximate surface area is 166 Å². The monoisotopic (exact) mass is 414 g/mol. The summed E-state index contributed by atoms with van der Waals surface area (Å²) in [4.78, 5) is 11.1. The Balaban J connectivity index is 1.54. The van der Waals surface area contributed by atoms with Crippen LogP contribution in [0.25, 0.3) is 0 Å². The molecule has 6 nitrogen and oxygen atoms in total. The number of carbonyl (C=O) groups excluding carboxylic acids is 1. The van der Waals surface area contributed by atoms with E-state index in [9.17, 15) is 23.1 Å². The van der Waals surface area contributed by atoms with Crippen LogP contribution in [0.2, 0.25) is 0 Å². The van der Waals surface area contributed by atoms with Gasteiger partial charge in [-0.05, 0) is 43.4 Å². The van der Waals surface area contributed by atoms with Crippen molar-refractivity contribution in [3.8, 4) is 0 Å². The van der Waals surface area contributed by atoms with Crippen molar-refractivity contribution in [2.45, 2.75) is 56.1 Å². The highest BCUT2D eigenvalue weighted by molar-refractivity contribution is 5.82. The molecule has 2 aliphatic carbocycles. The molecule has 1 amide bonds. The summed E-state index contributed by atoms with van der Waals surface area (Å²) in [5.41, 5.74) is 2.15. The largest absolute Gasteiger partial charge is 0.491 e. The van der Waals surface area contributed by atoms with Crippen molar-refractivity contribution < 1.29 is 32.9 Å². The number of fused-ring (bicyclic) bond motifs is 1. The summed E-state index contributed by atoms with van der Waals surface area (Å²) < 4.78 is 42.6. The van der Waals surface area contributed by atoms with Crippen LogP contribution in [-0.2, 0) is 9.53 Å². The second-order valence-corrected chi connectivity index (χ2v) is 7.41. The van der Waals surface area contributed by atoms with Gasteiger partial charge in [0.1, 0.15) is 18.5 Å². The summed E-state index contributed by atoms with van der Waals surface area (Å²) in [5, 5.41) is 23.8. The number of amides is 1. The molecular formula is C20H25F3N2O4. The highest BCUT2D eigenvalue weighted by Gasteiger charge is 2.40. The van der Waals surface area contributed by atoms with Crippen molar-refractivity contribution in [2.75, 3.05) is 13.2 Å². The first kappa shape index (κ1) is 21.6. The van der Waals surface area contributed by atoms with Gasteiger partial charge in [0.2, 0.25) is 0 Å². The molecule has 0 radical (unpaired) electrons. The summed E-state index contributed by atoms with van der Waals surface area (Å²) in [6.45, 7) is -0.332. The number of alkyl halides is 3. The Bertz CT molecular complexity index is 742. The average molecular weight is 414 g/mol. The molecule has 1 aliphatic heterocycles. The fourth-order valence-corrected chi connectivity index (χ4v) is 3.61. The molecule has 29 heavy (non-hydrogen) atoms. The third-order valence-corrected chi connectivity index (χ3v) is 5.22. The van der Waals surface area contributed by atoms with Crippen molar-refractivity contribution in [3.05, 3.63) is 47.3 Å². The number of aliphatic hydroxyl groups is 2. The smallest absolute Gasteiger partial charge is 0.471 e. The Morgan fingerprint density at radius 3 is 2.79 bits per heavy atom. The maximum atomic E-state index is 12.4. The van der Waals surface area contributed by atoms with Crippen molar-refractivity contribution in [1.29, 1.82) is 0 Å². The third kappa shape index (κ3) is 5.71. The van der Waals surface area contributed by atoms with Gasteiger partial charge in [-0.3, -0.25) is 10.1 Å². The zero-order valence-corrected chi connectivity index (χ0v) is 15.8. The average Bonchev–Trinajstić information content (AvgIpc) is 2.71. The van der Waals surface area contributed by atoms with Gasteiger partial charge in [-0.25, -0.2) is 0 Å². The molecule has 1 heterocycles. The van der Waals surface area contributed by atoms with Crippen molar-refractivity contribution in [1.82, 2.24) is 10.6 Å². The predicted octanol–water partition coefficient (Wildman–Crippen LogP) is 1.62. The first-order valence-corrected chi connectivity index (χ1v) is 9.60. The molecule has 160 valence electrons. The minimum atomic E-state index is -4.85. The van der Waals surface area contributed by atoms with E-state index in [0.717, 1.165) is 11.1 Å². The second kappa shape index (κ2) is 9.15. The van der Waals surface area contributed by atoms with Crippen LogP contribution in [0.4, 0.5) is 13.2 Å². The molecule has 2 unspecified atom stereocenters. The number of halogens is 3. The van der Waals surface area contributed by atoms with E-state index in [1.54, 1.807) is 0 Å². The van der Waals surface area contributed by atoms with Crippen molar-refractivity contribution >= 4 is 5.91 Å². The predicted molar refractivity (Wildman–Crippen MR) is 99.6 cm³/mol. The number of carbonyl (C=O) groups is 1. The van der Waals surface area contributed by atoms with E-state index in [2.05, 4.69) is 5.32 Å². The van der Waals surface area contributed by atoms with Crippen LogP contribution in [0.5, 0.6) is 0 Å². The second-order valence-electron chi connectivity index (χ2n) is 7.41. The van der Waals surface area contributed by atoms with E-state index in [4.69, 9.17) is 9.84 Å². The minimum Gasteiger partial charge on any atom is -0.491 e. The Hall–Kier alpha value is -2.10. The highest BCUT2D eigenvalue weighted by Crippen LogP contribution is 2.29. The molecule has 4 atom stereocenters. The third-order valence-electron chi connectivity index (χ3n) is 5.22. The lowest BCUT2D eigenvalue weighted by Gasteiger charge is -2.34. The van der Waals surface area contributed by atoms with E-state index in [1.807, 2.05) is 35.7 Å². The van der Waals surface area contributed by atoms with Crippen molar-refractivity contribution in [2.24, 2.45) is 0 Å². The number of aliphatic hydroxyl groups excluding tert-OH is 2. The van der Waals surface area contributed by atoms with Crippen LogP contribution in [0.1, 0.15) is 25.7 Å². The zero-order valence-electron chi connectivity index (χ0n) is 15.8. The molecule has 0 bridgehead atoms. The highest BCUT2D eigenvalue weighted by atomic mass is 19.4. The molecule has 0 aromatic carbocycles. The molecule has 3 aliphatic rings. The maximum Gasteiger partial charge on any atom is 0.471 e. The molecule has 4 N–H and O–H groups in total. The van der Waals surface area contributed by atoms with Gasteiger partial charge in [0.25, 0.3) is 0 Å². The maximum absolute atomic E-state index is 12.4. The SMILES string of the molecule is O=C(N[C@H]1CC=C(C2C=CC3=CC(OCC(O)CO)=CC[C@@H]3N2)CC1)C(F)(F)F. The molecule has 0 saturated carbocycles. The minimum absolute atomic E-state index is 0.00324. The van der Waals surface area contributed by atoms with Gasteiger partial charge in [-0.2, -0.15) is 13.2 Å². The lowest BCUT2D eigenvalue weighted by molar-refractivity contribution is -0.174. The first-order valence-electron chi connectivity index (χ1n) is 9.60. The number of allylic oxidation sites excluding steroid dienone is 1. The van der Waals surface area contributed by atoms with Gasteiger partial charge in [-0.15, -0.1) is 0 Å². The van der Waals surface area contributed by atoms with Gasteiger partial charge < -0.3 is 20.3 Å². The molecular weight excluding hydrogens is 389 g/mol. The van der Waals surface area contributed by atoms with E-state index >= 15 is 0 Å². The number of ether oxygens (including phenoxy) is 1. The van der Waals surface area contributed by atoms with Crippen LogP contribution in [-0.4, -0.2) is 59.7 Å². The molecule has 0 aromatic heterocycles. The summed E-state index contributed by atoms with van der Waals surface area (Å²) in [6.07, 6.45) is 6.11. The van der Waals surface area contributed by atoms with Crippen LogP contribution < -0.4 is 10.6 Å². The fraction of sp³-hybridized carbons (Fsp3) is 0.550. The van der Waals surface area contributed by atoms with E-state index in [-0.39, 0.29) is 25.3 Å². The zero-order chi connectivity index (χ0) is 21.0. The topological polar surface area (TPSA) is 90.8 Å². The summed E-state index contributed by atoms with van der Waals surface area (Å²) in [6, 6.07) is -0.394. The molecule has 0 saturated heterocycles. The summed E-state index contributed by atoms with van der Waals surface area (Å²) in [5.74, 6) is -1.24. The van der Waals surface area contributed by atoms with Crippen LogP contribution in [0, 0.1) is 0 Å². The molecule has 0 fully saturated rings. The molecule has 9 heteroatoms. The molecule has 3 rings (SSSR count). The lowest BCUT2D eigenvalue weighted by Crippen LogP contribution is -2.46. The van der Waals surface area contributed by atoms with Gasteiger partial charge in [-0.1, -0.05) is 23.8 Å². The standard InChI is InChI=1S/C20H25F3N2O4/c21-20(22,23)19(28)24-14-4-1-12(2-5-14)17-7-3-13-9-16(6-8-18(13)25-17)29-11-15(27)10-26/h1,3,6-7,9,14-15,17-18,25-27H,2,4-5,8,10-11H2,(H,24,28)/t14-,15?,17?,18-/m0/s1. The number of hydrogen-bond acceptors (Lipinski definition) is 5. The van der Waals surface area contributed by atoms with Crippen molar-refractivity contribution in [3.63, 3.8) is 0 Å². The Morgan fingerprint density at radius 1 is 1.34 bits per heavy atom. The molecule has 0 spiro atoms. The normalized spacial score (nSPS) is 27.9. The van der Waals surface area contributed by atoms with Crippen LogP contribution >= 0.6 is 0 Å².